The Morgan fingerprint density at radius 3 is 2.70 bits per heavy atom. The van der Waals surface area contributed by atoms with Crippen molar-refractivity contribution in [3.05, 3.63) is 75.7 Å². The van der Waals surface area contributed by atoms with E-state index in [-0.39, 0.29) is 28.3 Å². The minimum atomic E-state index is -0.524. The second-order valence-electron chi connectivity index (χ2n) is 5.69. The number of hydrogen-bond donors (Lipinski definition) is 1. The third-order valence-corrected chi connectivity index (χ3v) is 4.50. The Hall–Kier alpha value is -3.20. The number of rotatable bonds is 7. The lowest BCUT2D eigenvalue weighted by Crippen LogP contribution is -2.16. The molecule has 0 atom stereocenters. The molecule has 1 aromatic heterocycles. The Kier molecular flexibility index (Phi) is 5.82. The van der Waals surface area contributed by atoms with Crippen LogP contribution >= 0.6 is 11.8 Å². The molecule has 3 rings (SSSR count). The lowest BCUT2D eigenvalue weighted by atomic mass is 10.1. The van der Waals surface area contributed by atoms with Crippen molar-refractivity contribution in [3.63, 3.8) is 0 Å². The number of anilines is 1. The number of aromatic nitrogens is 2. The molecule has 27 heavy (non-hydrogen) atoms. The summed E-state index contributed by atoms with van der Waals surface area (Å²) in [4.78, 5) is 22.7. The Labute approximate surface area is 159 Å². The van der Waals surface area contributed by atoms with Crippen LogP contribution in [0.5, 0.6) is 0 Å². The highest BCUT2D eigenvalue weighted by atomic mass is 32.2. The highest BCUT2D eigenvalue weighted by Gasteiger charge is 2.18. The zero-order valence-electron chi connectivity index (χ0n) is 14.4. The zero-order valence-corrected chi connectivity index (χ0v) is 15.2. The Morgan fingerprint density at radius 2 is 1.96 bits per heavy atom. The van der Waals surface area contributed by atoms with Crippen molar-refractivity contribution in [2.45, 2.75) is 18.6 Å². The molecule has 2 aromatic carbocycles. The number of nitro groups is 1. The molecule has 0 spiro atoms. The van der Waals surface area contributed by atoms with Gasteiger partial charge in [0.25, 0.3) is 10.9 Å². The maximum atomic E-state index is 12.2. The van der Waals surface area contributed by atoms with E-state index in [0.29, 0.717) is 17.9 Å². The number of benzene rings is 2. The summed E-state index contributed by atoms with van der Waals surface area (Å²) in [6, 6.07) is 14.3. The van der Waals surface area contributed by atoms with Gasteiger partial charge in [-0.2, -0.15) is 0 Å². The van der Waals surface area contributed by atoms with Crippen LogP contribution < -0.4 is 5.32 Å². The topological polar surface area (TPSA) is 111 Å². The number of thioether (sulfide) groups is 1. The van der Waals surface area contributed by atoms with Gasteiger partial charge >= 0.3 is 0 Å². The minimum Gasteiger partial charge on any atom is -0.416 e. The third-order valence-electron chi connectivity index (χ3n) is 3.69. The molecule has 9 heteroatoms. The number of nitrogens with zero attached hydrogens (tertiary/aromatic N) is 3. The van der Waals surface area contributed by atoms with E-state index < -0.39 is 4.92 Å². The summed E-state index contributed by atoms with van der Waals surface area (Å²) in [5.74, 6) is 0.0669. The monoisotopic (exact) mass is 384 g/mol. The molecule has 0 aliphatic heterocycles. The first-order chi connectivity index (χ1) is 13.0. The molecule has 0 aliphatic rings. The largest absolute Gasteiger partial charge is 0.416 e. The molecular weight excluding hydrogens is 368 g/mol. The van der Waals surface area contributed by atoms with Gasteiger partial charge in [0.15, 0.2) is 0 Å². The fourth-order valence-electron chi connectivity index (χ4n) is 2.41. The van der Waals surface area contributed by atoms with Crippen LogP contribution in [0.15, 0.2) is 58.2 Å². The van der Waals surface area contributed by atoms with Crippen molar-refractivity contribution in [1.29, 1.82) is 0 Å². The van der Waals surface area contributed by atoms with Crippen LogP contribution in [-0.4, -0.2) is 26.8 Å². The van der Waals surface area contributed by atoms with Crippen molar-refractivity contribution >= 4 is 29.0 Å². The first kappa shape index (κ1) is 18.6. The molecule has 0 saturated carbocycles. The average Bonchev–Trinajstić information content (AvgIpc) is 3.09. The molecule has 0 radical (unpaired) electrons. The van der Waals surface area contributed by atoms with Crippen LogP contribution in [0.3, 0.4) is 0 Å². The van der Waals surface area contributed by atoms with Crippen molar-refractivity contribution in [1.82, 2.24) is 10.2 Å². The number of carbonyl (C=O) groups excluding carboxylic acids is 1. The predicted octanol–water partition coefficient (Wildman–Crippen LogP) is 3.61. The van der Waals surface area contributed by atoms with Crippen LogP contribution in [-0.2, 0) is 11.2 Å². The van der Waals surface area contributed by atoms with E-state index >= 15 is 0 Å². The molecule has 1 amide bonds. The van der Waals surface area contributed by atoms with Gasteiger partial charge < -0.3 is 9.73 Å². The summed E-state index contributed by atoms with van der Waals surface area (Å²) in [6.45, 7) is 1.70. The highest BCUT2D eigenvalue weighted by Crippen LogP contribution is 2.28. The van der Waals surface area contributed by atoms with Crippen molar-refractivity contribution in [3.8, 4) is 0 Å². The molecule has 8 nitrogen and oxygen atoms in total. The van der Waals surface area contributed by atoms with E-state index in [0.717, 1.165) is 17.3 Å². The van der Waals surface area contributed by atoms with Crippen LogP contribution in [0.4, 0.5) is 11.4 Å². The van der Waals surface area contributed by atoms with Gasteiger partial charge in [-0.15, -0.1) is 10.2 Å². The lowest BCUT2D eigenvalue weighted by molar-refractivity contribution is -0.384. The zero-order chi connectivity index (χ0) is 19.2. The van der Waals surface area contributed by atoms with Gasteiger partial charge in [-0.3, -0.25) is 14.9 Å². The van der Waals surface area contributed by atoms with Crippen molar-refractivity contribution < 1.29 is 14.1 Å². The minimum absolute atomic E-state index is 0.00153. The SMILES string of the molecule is Cc1cccc([N+](=O)[O-])c1NC(=O)CSc1nnc(Cc2ccccc2)o1. The summed E-state index contributed by atoms with van der Waals surface area (Å²) < 4.78 is 5.53. The molecule has 138 valence electrons. The lowest BCUT2D eigenvalue weighted by Gasteiger charge is -2.08. The van der Waals surface area contributed by atoms with E-state index in [9.17, 15) is 14.9 Å². The summed E-state index contributed by atoms with van der Waals surface area (Å²) in [5, 5.41) is 21.8. The van der Waals surface area contributed by atoms with E-state index in [2.05, 4.69) is 15.5 Å². The summed E-state index contributed by atoms with van der Waals surface area (Å²) in [5.41, 5.74) is 1.72. The smallest absolute Gasteiger partial charge is 0.293 e. The van der Waals surface area contributed by atoms with Gasteiger partial charge in [0.05, 0.1) is 17.1 Å². The van der Waals surface area contributed by atoms with Crippen LogP contribution in [0, 0.1) is 17.0 Å². The van der Waals surface area contributed by atoms with Crippen LogP contribution in [0.25, 0.3) is 0 Å². The fourth-order valence-corrected chi connectivity index (χ4v) is 2.99. The first-order valence-corrected chi connectivity index (χ1v) is 9.04. The average molecular weight is 384 g/mol. The maximum Gasteiger partial charge on any atom is 0.293 e. The number of para-hydroxylation sites is 1. The second kappa shape index (κ2) is 8.45. The summed E-state index contributed by atoms with van der Waals surface area (Å²) in [6.07, 6.45) is 0.510. The predicted molar refractivity (Wildman–Crippen MR) is 101 cm³/mol. The molecule has 3 aromatic rings. The molecule has 1 heterocycles. The van der Waals surface area contributed by atoms with Gasteiger partial charge in [0.2, 0.25) is 11.8 Å². The number of hydrogen-bond acceptors (Lipinski definition) is 7. The van der Waals surface area contributed by atoms with Gasteiger partial charge in [0.1, 0.15) is 5.69 Å². The third kappa shape index (κ3) is 4.91. The quantitative estimate of drug-likeness (QED) is 0.376. The normalized spacial score (nSPS) is 10.6. The van der Waals surface area contributed by atoms with Gasteiger partial charge in [-0.05, 0) is 18.1 Å². The van der Waals surface area contributed by atoms with E-state index in [1.807, 2.05) is 30.3 Å². The molecule has 0 fully saturated rings. The molecule has 0 saturated heterocycles. The van der Waals surface area contributed by atoms with Crippen molar-refractivity contribution in [2.24, 2.45) is 0 Å². The number of carbonyl (C=O) groups is 1. The standard InChI is InChI=1S/C18H16N4O4S/c1-12-6-5-9-14(22(24)25)17(12)19-15(23)11-27-18-21-20-16(26-18)10-13-7-3-2-4-8-13/h2-9H,10-11H2,1H3,(H,19,23). The van der Waals surface area contributed by atoms with E-state index in [1.54, 1.807) is 19.1 Å². The van der Waals surface area contributed by atoms with Gasteiger partial charge in [0, 0.05) is 6.07 Å². The first-order valence-electron chi connectivity index (χ1n) is 8.06. The molecule has 1 N–H and O–H groups in total. The number of nitrogens with one attached hydrogen (secondary N) is 1. The van der Waals surface area contributed by atoms with Crippen molar-refractivity contribution in [2.75, 3.05) is 11.1 Å². The van der Waals surface area contributed by atoms with Gasteiger partial charge in [-0.1, -0.05) is 54.2 Å². The van der Waals surface area contributed by atoms with Crippen LogP contribution in [0.2, 0.25) is 0 Å². The number of amides is 1. The fraction of sp³-hybridized carbons (Fsp3) is 0.167. The highest BCUT2D eigenvalue weighted by molar-refractivity contribution is 7.99. The maximum absolute atomic E-state index is 12.2. The summed E-state index contributed by atoms with van der Waals surface area (Å²) >= 11 is 1.08. The molecular formula is C18H16N4O4S. The van der Waals surface area contributed by atoms with Gasteiger partial charge in [-0.25, -0.2) is 0 Å². The number of nitro benzene ring substituents is 1. The Morgan fingerprint density at radius 1 is 1.19 bits per heavy atom. The molecule has 0 unspecified atom stereocenters. The summed E-state index contributed by atoms with van der Waals surface area (Å²) in [7, 11) is 0. The molecule has 0 aliphatic carbocycles. The van der Waals surface area contributed by atoms with E-state index in [1.165, 1.54) is 6.07 Å². The Bertz CT molecular complexity index is 959. The number of aryl methyl sites for hydroxylation is 1. The second-order valence-corrected chi connectivity index (χ2v) is 6.61. The van der Waals surface area contributed by atoms with E-state index in [4.69, 9.17) is 4.42 Å². The Balaban J connectivity index is 1.58. The van der Waals surface area contributed by atoms with Crippen LogP contribution in [0.1, 0.15) is 17.0 Å². The molecule has 0 bridgehead atoms.